The van der Waals surface area contributed by atoms with Gasteiger partial charge in [0.05, 0.1) is 11.8 Å². The van der Waals surface area contributed by atoms with Gasteiger partial charge in [-0.3, -0.25) is 4.68 Å². The topological polar surface area (TPSA) is 64.1 Å². The fourth-order valence-electron chi connectivity index (χ4n) is 1.18. The van der Waals surface area contributed by atoms with E-state index in [1.54, 1.807) is 4.68 Å². The molecule has 0 aromatic carbocycles. The van der Waals surface area contributed by atoms with E-state index in [2.05, 4.69) is 5.10 Å². The quantitative estimate of drug-likeness (QED) is 0.646. The predicted octanol–water partition coefficient (Wildman–Crippen LogP) is -0.409. The van der Waals surface area contributed by atoms with Gasteiger partial charge < -0.3 is 10.8 Å². The Balaban J connectivity index is 2.68. The maximum Gasteiger partial charge on any atom is 0.0717 e. The van der Waals surface area contributed by atoms with Gasteiger partial charge in [-0.05, 0) is 13.0 Å². The predicted molar refractivity (Wildman–Crippen MR) is 46.7 cm³/mol. The van der Waals surface area contributed by atoms with E-state index in [1.165, 1.54) is 0 Å². The van der Waals surface area contributed by atoms with Gasteiger partial charge in [0.1, 0.15) is 0 Å². The van der Waals surface area contributed by atoms with Gasteiger partial charge in [-0.2, -0.15) is 5.10 Å². The van der Waals surface area contributed by atoms with Crippen LogP contribution in [0.3, 0.4) is 0 Å². The summed E-state index contributed by atoms with van der Waals surface area (Å²) in [7, 11) is 1.87. The van der Waals surface area contributed by atoms with E-state index < -0.39 is 6.10 Å². The minimum atomic E-state index is -0.459. The van der Waals surface area contributed by atoms with Crippen LogP contribution in [-0.2, 0) is 13.5 Å². The van der Waals surface area contributed by atoms with Gasteiger partial charge >= 0.3 is 0 Å². The minimum Gasteiger partial charge on any atom is -0.391 e. The van der Waals surface area contributed by atoms with Gasteiger partial charge in [-0.15, -0.1) is 0 Å². The Bertz CT molecular complexity index is 257. The first kappa shape index (κ1) is 9.22. The van der Waals surface area contributed by atoms with E-state index in [0.29, 0.717) is 13.0 Å². The summed E-state index contributed by atoms with van der Waals surface area (Å²) in [5, 5.41) is 13.4. The molecule has 0 saturated carbocycles. The standard InChI is InChI=1S/C8H15N3O/c1-6-3-7(11(2)10-6)4-8(12)5-9/h3,8,12H,4-5,9H2,1-2H3. The highest BCUT2D eigenvalue weighted by atomic mass is 16.3. The summed E-state index contributed by atoms with van der Waals surface area (Å²) in [6.07, 6.45) is 0.119. The summed E-state index contributed by atoms with van der Waals surface area (Å²) >= 11 is 0. The Labute approximate surface area is 72.0 Å². The normalized spacial score (nSPS) is 13.3. The van der Waals surface area contributed by atoms with Crippen LogP contribution in [0.5, 0.6) is 0 Å². The van der Waals surface area contributed by atoms with Gasteiger partial charge in [0.15, 0.2) is 0 Å². The summed E-state index contributed by atoms with van der Waals surface area (Å²) in [6, 6.07) is 1.96. The molecule has 4 heteroatoms. The fourth-order valence-corrected chi connectivity index (χ4v) is 1.18. The van der Waals surface area contributed by atoms with Gasteiger partial charge in [0, 0.05) is 25.7 Å². The molecule has 0 spiro atoms. The Morgan fingerprint density at radius 3 is 2.83 bits per heavy atom. The van der Waals surface area contributed by atoms with Crippen LogP contribution in [0.25, 0.3) is 0 Å². The van der Waals surface area contributed by atoms with Crippen LogP contribution in [0.2, 0.25) is 0 Å². The van der Waals surface area contributed by atoms with Gasteiger partial charge in [-0.1, -0.05) is 0 Å². The highest BCUT2D eigenvalue weighted by molar-refractivity contribution is 5.09. The van der Waals surface area contributed by atoms with Crippen LogP contribution >= 0.6 is 0 Å². The molecule has 0 amide bonds. The van der Waals surface area contributed by atoms with Crippen LogP contribution in [0.15, 0.2) is 6.07 Å². The average molecular weight is 169 g/mol. The lowest BCUT2D eigenvalue weighted by Gasteiger charge is -2.06. The maximum absolute atomic E-state index is 9.28. The maximum atomic E-state index is 9.28. The molecule has 68 valence electrons. The van der Waals surface area contributed by atoms with E-state index in [4.69, 9.17) is 5.73 Å². The largest absolute Gasteiger partial charge is 0.391 e. The molecule has 1 rings (SSSR count). The summed E-state index contributed by atoms with van der Waals surface area (Å²) < 4.78 is 1.77. The molecule has 3 N–H and O–H groups in total. The zero-order valence-electron chi connectivity index (χ0n) is 7.49. The van der Waals surface area contributed by atoms with Crippen LogP contribution in [0.4, 0.5) is 0 Å². The molecule has 1 heterocycles. The molecule has 0 aliphatic carbocycles. The first-order valence-electron chi connectivity index (χ1n) is 4.01. The van der Waals surface area contributed by atoms with E-state index in [0.717, 1.165) is 11.4 Å². The van der Waals surface area contributed by atoms with Crippen molar-refractivity contribution in [2.75, 3.05) is 6.54 Å². The Morgan fingerprint density at radius 1 is 1.75 bits per heavy atom. The van der Waals surface area contributed by atoms with Crippen molar-refractivity contribution in [3.63, 3.8) is 0 Å². The molecule has 4 nitrogen and oxygen atoms in total. The van der Waals surface area contributed by atoms with Crippen molar-refractivity contribution in [1.82, 2.24) is 9.78 Å². The molecule has 1 atom stereocenters. The summed E-state index contributed by atoms with van der Waals surface area (Å²) in [6.45, 7) is 2.22. The lowest BCUT2D eigenvalue weighted by molar-refractivity contribution is 0.181. The Kier molecular flexibility index (Phi) is 2.83. The molecule has 1 aromatic heterocycles. The summed E-state index contributed by atoms with van der Waals surface area (Å²) in [5.41, 5.74) is 7.29. The second-order valence-electron chi connectivity index (χ2n) is 2.99. The number of nitrogens with two attached hydrogens (primary N) is 1. The highest BCUT2D eigenvalue weighted by Gasteiger charge is 2.07. The summed E-state index contributed by atoms with van der Waals surface area (Å²) in [4.78, 5) is 0. The van der Waals surface area contributed by atoms with Gasteiger partial charge in [0.2, 0.25) is 0 Å². The summed E-state index contributed by atoms with van der Waals surface area (Å²) in [5.74, 6) is 0. The number of aliphatic hydroxyl groups excluding tert-OH is 1. The molecule has 1 unspecified atom stereocenters. The number of rotatable bonds is 3. The lowest BCUT2D eigenvalue weighted by atomic mass is 10.2. The van der Waals surface area contributed by atoms with Crippen molar-refractivity contribution in [2.45, 2.75) is 19.4 Å². The third-order valence-corrected chi connectivity index (χ3v) is 1.82. The average Bonchev–Trinajstić information content (AvgIpc) is 2.30. The molecule has 0 radical (unpaired) electrons. The molecule has 12 heavy (non-hydrogen) atoms. The third kappa shape index (κ3) is 2.06. The molecule has 0 aliphatic heterocycles. The Hall–Kier alpha value is -0.870. The second kappa shape index (κ2) is 3.69. The number of hydrogen-bond acceptors (Lipinski definition) is 3. The molecule has 0 aliphatic rings. The second-order valence-corrected chi connectivity index (χ2v) is 2.99. The first-order chi connectivity index (χ1) is 5.63. The number of nitrogens with zero attached hydrogens (tertiary/aromatic N) is 2. The van der Waals surface area contributed by atoms with Gasteiger partial charge in [0.25, 0.3) is 0 Å². The van der Waals surface area contributed by atoms with Crippen molar-refractivity contribution in [2.24, 2.45) is 12.8 Å². The fraction of sp³-hybridized carbons (Fsp3) is 0.625. The SMILES string of the molecule is Cc1cc(CC(O)CN)n(C)n1. The first-order valence-corrected chi connectivity index (χ1v) is 4.01. The van der Waals surface area contributed by atoms with Crippen molar-refractivity contribution in [1.29, 1.82) is 0 Å². The number of hydrogen-bond donors (Lipinski definition) is 2. The van der Waals surface area contributed by atoms with E-state index in [-0.39, 0.29) is 0 Å². The number of aryl methyl sites for hydroxylation is 2. The van der Waals surface area contributed by atoms with Crippen LogP contribution in [-0.4, -0.2) is 27.5 Å². The molecule has 0 bridgehead atoms. The van der Waals surface area contributed by atoms with Crippen LogP contribution in [0, 0.1) is 6.92 Å². The zero-order chi connectivity index (χ0) is 9.14. The minimum absolute atomic E-state index is 0.296. The molecular formula is C8H15N3O. The third-order valence-electron chi connectivity index (χ3n) is 1.82. The van der Waals surface area contributed by atoms with E-state index in [1.807, 2.05) is 20.0 Å². The molecular weight excluding hydrogens is 154 g/mol. The van der Waals surface area contributed by atoms with Crippen LogP contribution in [0.1, 0.15) is 11.4 Å². The molecule has 0 fully saturated rings. The highest BCUT2D eigenvalue weighted by Crippen LogP contribution is 2.04. The molecule has 0 saturated heterocycles. The van der Waals surface area contributed by atoms with Crippen molar-refractivity contribution >= 4 is 0 Å². The zero-order valence-corrected chi connectivity index (χ0v) is 7.49. The number of aromatic nitrogens is 2. The lowest BCUT2D eigenvalue weighted by Crippen LogP contribution is -2.23. The monoisotopic (exact) mass is 169 g/mol. The van der Waals surface area contributed by atoms with Gasteiger partial charge in [-0.25, -0.2) is 0 Å². The van der Waals surface area contributed by atoms with Crippen molar-refractivity contribution < 1.29 is 5.11 Å². The van der Waals surface area contributed by atoms with Crippen molar-refractivity contribution in [3.8, 4) is 0 Å². The van der Waals surface area contributed by atoms with Crippen molar-refractivity contribution in [3.05, 3.63) is 17.5 Å². The van der Waals surface area contributed by atoms with E-state index in [9.17, 15) is 5.11 Å². The van der Waals surface area contributed by atoms with E-state index >= 15 is 0 Å². The molecule has 1 aromatic rings. The number of aliphatic hydroxyl groups is 1. The smallest absolute Gasteiger partial charge is 0.0717 e. The van der Waals surface area contributed by atoms with Crippen LogP contribution < -0.4 is 5.73 Å². The Morgan fingerprint density at radius 2 is 2.42 bits per heavy atom.